The van der Waals surface area contributed by atoms with Crippen molar-refractivity contribution in [2.24, 2.45) is 23.2 Å². The van der Waals surface area contributed by atoms with E-state index in [0.29, 0.717) is 6.42 Å². The summed E-state index contributed by atoms with van der Waals surface area (Å²) in [6.07, 6.45) is 5.80. The maximum atomic E-state index is 12.6. The van der Waals surface area contributed by atoms with Gasteiger partial charge in [0, 0.05) is 18.3 Å². The van der Waals surface area contributed by atoms with Crippen LogP contribution < -0.4 is 0 Å². The Morgan fingerprint density at radius 2 is 1.86 bits per heavy atom. The smallest absolute Gasteiger partial charge is 0.324 e. The van der Waals surface area contributed by atoms with Gasteiger partial charge < -0.3 is 9.47 Å². The van der Waals surface area contributed by atoms with Gasteiger partial charge in [-0.3, -0.25) is 9.59 Å². The molecule has 0 N–H and O–H groups in total. The quantitative estimate of drug-likeness (QED) is 0.454. The van der Waals surface area contributed by atoms with Gasteiger partial charge in [-0.2, -0.15) is 0 Å². The van der Waals surface area contributed by atoms with E-state index in [2.05, 4.69) is 13.2 Å². The van der Waals surface area contributed by atoms with Crippen LogP contribution in [0.5, 0.6) is 0 Å². The molecule has 2 rings (SSSR count). The second-order valence-corrected chi connectivity index (χ2v) is 6.40. The van der Waals surface area contributed by atoms with Crippen LogP contribution in [0.25, 0.3) is 0 Å². The van der Waals surface area contributed by atoms with Crippen LogP contribution in [0.15, 0.2) is 25.3 Å². The maximum absolute atomic E-state index is 12.6. The first-order chi connectivity index (χ1) is 9.88. The largest absolute Gasteiger partial charge is 0.468 e. The molecule has 1 heterocycles. The van der Waals surface area contributed by atoms with Gasteiger partial charge in [-0.1, -0.05) is 26.0 Å². The molecule has 0 bridgehead atoms. The average molecular weight is 292 g/mol. The number of carbonyl (C=O) groups excluding carboxylic acids is 2. The summed E-state index contributed by atoms with van der Waals surface area (Å²) in [5, 5.41) is 0. The van der Waals surface area contributed by atoms with Gasteiger partial charge in [0.15, 0.2) is 5.41 Å². The number of rotatable bonds is 4. The Kier molecular flexibility index (Phi) is 4.00. The van der Waals surface area contributed by atoms with Crippen LogP contribution in [0.3, 0.4) is 0 Å². The third kappa shape index (κ3) is 1.95. The Labute approximate surface area is 126 Å². The van der Waals surface area contributed by atoms with Gasteiger partial charge >= 0.3 is 11.9 Å². The molecular formula is C17H24O4. The minimum absolute atomic E-state index is 0.0507. The highest BCUT2D eigenvalue weighted by atomic mass is 16.6. The van der Waals surface area contributed by atoms with Crippen LogP contribution in [0.1, 0.15) is 33.1 Å². The van der Waals surface area contributed by atoms with Crippen molar-refractivity contribution in [3.8, 4) is 0 Å². The standard InChI is InChI=1S/C17H24O4/c1-6-12-8-9-13(7-2)17(12)10-16(11(3)4,14(18)20-5)15(19)21-17/h6-7,11-13H,1-2,8-10H2,3-5H3/t12-,13-,16-/m1/s1. The summed E-state index contributed by atoms with van der Waals surface area (Å²) in [6, 6.07) is 0. The summed E-state index contributed by atoms with van der Waals surface area (Å²) >= 11 is 0. The Morgan fingerprint density at radius 1 is 1.33 bits per heavy atom. The van der Waals surface area contributed by atoms with Crippen molar-refractivity contribution in [1.82, 2.24) is 0 Å². The zero-order valence-electron chi connectivity index (χ0n) is 13.1. The third-order valence-electron chi connectivity index (χ3n) is 5.35. The summed E-state index contributed by atoms with van der Waals surface area (Å²) in [5.41, 5.74) is -1.92. The minimum Gasteiger partial charge on any atom is -0.468 e. The van der Waals surface area contributed by atoms with Crippen molar-refractivity contribution in [2.45, 2.75) is 38.7 Å². The number of hydrogen-bond donors (Lipinski definition) is 0. The number of hydrogen-bond acceptors (Lipinski definition) is 4. The van der Waals surface area contributed by atoms with E-state index >= 15 is 0 Å². The van der Waals surface area contributed by atoms with Gasteiger partial charge in [-0.05, 0) is 18.8 Å². The highest BCUT2D eigenvalue weighted by Gasteiger charge is 2.68. The summed E-state index contributed by atoms with van der Waals surface area (Å²) < 4.78 is 10.8. The van der Waals surface area contributed by atoms with Crippen LogP contribution >= 0.6 is 0 Å². The lowest BCUT2D eigenvalue weighted by atomic mass is 9.68. The molecule has 1 saturated carbocycles. The zero-order valence-corrected chi connectivity index (χ0v) is 13.1. The van der Waals surface area contributed by atoms with Crippen molar-refractivity contribution in [2.75, 3.05) is 7.11 Å². The molecule has 0 aromatic carbocycles. The van der Waals surface area contributed by atoms with Gasteiger partial charge in [-0.15, -0.1) is 13.2 Å². The molecule has 116 valence electrons. The van der Waals surface area contributed by atoms with E-state index in [-0.39, 0.29) is 17.8 Å². The normalized spacial score (nSPS) is 34.0. The molecule has 0 unspecified atom stereocenters. The fourth-order valence-electron chi connectivity index (χ4n) is 3.99. The van der Waals surface area contributed by atoms with Crippen LogP contribution in [0, 0.1) is 23.2 Å². The molecule has 0 aromatic heterocycles. The highest BCUT2D eigenvalue weighted by molar-refractivity contribution is 6.02. The first-order valence-electron chi connectivity index (χ1n) is 7.46. The summed E-state index contributed by atoms with van der Waals surface area (Å²) in [7, 11) is 1.31. The monoisotopic (exact) mass is 292 g/mol. The molecule has 21 heavy (non-hydrogen) atoms. The molecule has 2 fully saturated rings. The molecule has 2 aliphatic rings. The minimum atomic E-state index is -1.22. The predicted octanol–water partition coefficient (Wildman–Crippen LogP) is 2.89. The molecule has 0 radical (unpaired) electrons. The molecular weight excluding hydrogens is 268 g/mol. The van der Waals surface area contributed by atoms with Crippen LogP contribution in [-0.4, -0.2) is 24.6 Å². The Balaban J connectivity index is 2.51. The lowest BCUT2D eigenvalue weighted by Crippen LogP contribution is -2.43. The van der Waals surface area contributed by atoms with Crippen LogP contribution in [0.2, 0.25) is 0 Å². The van der Waals surface area contributed by atoms with Gasteiger partial charge in [0.25, 0.3) is 0 Å². The fraction of sp³-hybridized carbons (Fsp3) is 0.647. The summed E-state index contributed by atoms with van der Waals surface area (Å²) in [4.78, 5) is 25.0. The molecule has 0 aromatic rings. The second kappa shape index (κ2) is 5.32. The van der Waals surface area contributed by atoms with Crippen LogP contribution in [0.4, 0.5) is 0 Å². The summed E-state index contributed by atoms with van der Waals surface area (Å²) in [5.74, 6) is -1.06. The lowest BCUT2D eigenvalue weighted by molar-refractivity contribution is -0.168. The Bertz CT molecular complexity index is 463. The van der Waals surface area contributed by atoms with E-state index < -0.39 is 23.0 Å². The predicted molar refractivity (Wildman–Crippen MR) is 79.3 cm³/mol. The molecule has 3 atom stereocenters. The number of esters is 2. The van der Waals surface area contributed by atoms with E-state index in [1.807, 2.05) is 26.0 Å². The van der Waals surface area contributed by atoms with E-state index in [4.69, 9.17) is 9.47 Å². The maximum Gasteiger partial charge on any atom is 0.324 e. The molecule has 1 aliphatic carbocycles. The molecule has 1 aliphatic heterocycles. The number of ether oxygens (including phenoxy) is 2. The van der Waals surface area contributed by atoms with Gasteiger partial charge in [-0.25, -0.2) is 0 Å². The van der Waals surface area contributed by atoms with E-state index in [0.717, 1.165) is 12.8 Å². The number of methoxy groups -OCH3 is 1. The molecule has 4 nitrogen and oxygen atoms in total. The molecule has 1 saturated heterocycles. The SMILES string of the molecule is C=C[C@@H]1CC[C@@H](C=C)C12C[C@](C(=O)OC)(C(C)C)C(=O)O2. The molecule has 0 amide bonds. The van der Waals surface area contributed by atoms with Crippen molar-refractivity contribution in [1.29, 1.82) is 0 Å². The van der Waals surface area contributed by atoms with Gasteiger partial charge in [0.05, 0.1) is 7.11 Å². The van der Waals surface area contributed by atoms with Crippen molar-refractivity contribution >= 4 is 11.9 Å². The molecule has 1 spiro atoms. The average Bonchev–Trinajstić information content (AvgIpc) is 2.96. The Hall–Kier alpha value is -1.58. The molecule has 4 heteroatoms. The third-order valence-corrected chi connectivity index (χ3v) is 5.35. The number of carbonyl (C=O) groups is 2. The first-order valence-corrected chi connectivity index (χ1v) is 7.46. The first kappa shape index (κ1) is 15.8. The van der Waals surface area contributed by atoms with E-state index in [9.17, 15) is 9.59 Å². The Morgan fingerprint density at radius 3 is 2.24 bits per heavy atom. The summed E-state index contributed by atoms with van der Waals surface area (Å²) in [6.45, 7) is 11.5. The van der Waals surface area contributed by atoms with Gasteiger partial charge in [0.2, 0.25) is 0 Å². The van der Waals surface area contributed by atoms with Crippen LogP contribution in [-0.2, 0) is 19.1 Å². The second-order valence-electron chi connectivity index (χ2n) is 6.40. The van der Waals surface area contributed by atoms with Crippen molar-refractivity contribution in [3.05, 3.63) is 25.3 Å². The van der Waals surface area contributed by atoms with Crippen molar-refractivity contribution in [3.63, 3.8) is 0 Å². The highest BCUT2D eigenvalue weighted by Crippen LogP contribution is 2.58. The topological polar surface area (TPSA) is 52.6 Å². The van der Waals surface area contributed by atoms with E-state index in [1.165, 1.54) is 7.11 Å². The van der Waals surface area contributed by atoms with E-state index in [1.54, 1.807) is 0 Å². The van der Waals surface area contributed by atoms with Crippen molar-refractivity contribution < 1.29 is 19.1 Å². The lowest BCUT2D eigenvalue weighted by Gasteiger charge is -2.34. The fourth-order valence-corrected chi connectivity index (χ4v) is 3.99. The zero-order chi connectivity index (χ0) is 15.8. The van der Waals surface area contributed by atoms with Gasteiger partial charge in [0.1, 0.15) is 5.60 Å².